The number of allylic oxidation sites excluding steroid dienone is 1. The number of fused-ring (bicyclic) bond motifs is 1. The second-order valence-corrected chi connectivity index (χ2v) is 6.83. The van der Waals surface area contributed by atoms with Crippen LogP contribution in [0.4, 0.5) is 4.39 Å². The highest BCUT2D eigenvalue weighted by Gasteiger charge is 2.17. The van der Waals surface area contributed by atoms with Crippen LogP contribution in [0.2, 0.25) is 0 Å². The van der Waals surface area contributed by atoms with E-state index in [1.165, 1.54) is 40.5 Å². The molecule has 2 N–H and O–H groups in total. The highest BCUT2D eigenvalue weighted by atomic mass is 19.1. The minimum Gasteiger partial charge on any atom is -0.388 e. The van der Waals surface area contributed by atoms with Crippen LogP contribution in [0.25, 0.3) is 11.6 Å². The molecule has 0 unspecified atom stereocenters. The molecule has 0 bridgehead atoms. The molecule has 2 aromatic carbocycles. The molecule has 27 heavy (non-hydrogen) atoms. The van der Waals surface area contributed by atoms with E-state index < -0.39 is 12.4 Å². The number of halogens is 1. The van der Waals surface area contributed by atoms with Gasteiger partial charge in [0.2, 0.25) is 0 Å². The van der Waals surface area contributed by atoms with Crippen LogP contribution in [0.15, 0.2) is 54.1 Å². The molecule has 0 radical (unpaired) electrons. The van der Waals surface area contributed by atoms with Gasteiger partial charge in [0, 0.05) is 12.1 Å². The average molecular weight is 365 g/mol. The highest BCUT2D eigenvalue weighted by molar-refractivity contribution is 5.94. The van der Waals surface area contributed by atoms with Crippen LogP contribution in [-0.4, -0.2) is 24.0 Å². The third-order valence-corrected chi connectivity index (χ3v) is 4.88. The summed E-state index contributed by atoms with van der Waals surface area (Å²) in [7, 11) is 0. The average Bonchev–Trinajstić information content (AvgIpc) is 2.99. The Morgan fingerprint density at radius 1 is 1.26 bits per heavy atom. The van der Waals surface area contributed by atoms with Crippen molar-refractivity contribution in [2.45, 2.75) is 26.3 Å². The van der Waals surface area contributed by atoms with E-state index in [-0.39, 0.29) is 5.82 Å². The fraction of sp³-hybridized carbons (Fsp3) is 0.261. The molecule has 0 heterocycles. The van der Waals surface area contributed by atoms with Crippen molar-refractivity contribution in [2.24, 2.45) is 0 Å². The highest BCUT2D eigenvalue weighted by Crippen LogP contribution is 2.34. The van der Waals surface area contributed by atoms with Gasteiger partial charge in [-0.15, -0.1) is 0 Å². The van der Waals surface area contributed by atoms with Gasteiger partial charge in [-0.05, 0) is 60.7 Å². The van der Waals surface area contributed by atoms with E-state index in [0.29, 0.717) is 17.7 Å². The number of nitrogens with one attached hydrogen (secondary N) is 1. The number of rotatable bonds is 8. The Morgan fingerprint density at radius 3 is 2.85 bits per heavy atom. The number of aliphatic hydroxyl groups excluding tert-OH is 1. The van der Waals surface area contributed by atoms with Crippen LogP contribution >= 0.6 is 0 Å². The zero-order chi connectivity index (χ0) is 19.2. The molecule has 0 aliphatic heterocycles. The summed E-state index contributed by atoms with van der Waals surface area (Å²) in [4.78, 5) is 11.1. The van der Waals surface area contributed by atoms with Gasteiger partial charge in [-0.3, -0.25) is 4.79 Å². The molecule has 3 rings (SSSR count). The first kappa shape index (κ1) is 19.2. The molecule has 0 saturated carbocycles. The molecule has 0 fully saturated rings. The largest absolute Gasteiger partial charge is 0.388 e. The minimum absolute atomic E-state index is 0.303. The predicted molar refractivity (Wildman–Crippen MR) is 107 cm³/mol. The number of benzene rings is 2. The van der Waals surface area contributed by atoms with E-state index in [4.69, 9.17) is 5.11 Å². The Hall–Kier alpha value is -2.56. The molecule has 0 atom stereocenters. The topological polar surface area (TPSA) is 49.3 Å². The number of aliphatic hydroxyl groups is 1. The third-order valence-electron chi connectivity index (χ3n) is 4.88. The lowest BCUT2D eigenvalue weighted by Gasteiger charge is -2.09. The summed E-state index contributed by atoms with van der Waals surface area (Å²) in [6.45, 7) is 2.89. The van der Waals surface area contributed by atoms with Crippen molar-refractivity contribution < 1.29 is 14.3 Å². The monoisotopic (exact) mass is 365 g/mol. The summed E-state index contributed by atoms with van der Waals surface area (Å²) in [5.41, 5.74) is 6.74. The van der Waals surface area contributed by atoms with Crippen molar-refractivity contribution in [1.82, 2.24) is 5.32 Å². The fourth-order valence-electron chi connectivity index (χ4n) is 3.43. The zero-order valence-corrected chi connectivity index (χ0v) is 15.5. The number of hydrogen-bond acceptors (Lipinski definition) is 3. The van der Waals surface area contributed by atoms with Crippen LogP contribution in [0, 0.1) is 5.82 Å². The first-order chi connectivity index (χ1) is 13.1. The third kappa shape index (κ3) is 4.79. The zero-order valence-electron chi connectivity index (χ0n) is 15.5. The summed E-state index contributed by atoms with van der Waals surface area (Å²) >= 11 is 0. The smallest absolute Gasteiger partial charge is 0.181 e. The maximum absolute atomic E-state index is 14.2. The Bertz CT molecular complexity index is 899. The Kier molecular flexibility index (Phi) is 6.32. The van der Waals surface area contributed by atoms with Gasteiger partial charge in [-0.1, -0.05) is 48.0 Å². The summed E-state index contributed by atoms with van der Waals surface area (Å²) in [6, 6.07) is 13.4. The molecule has 0 amide bonds. The van der Waals surface area contributed by atoms with E-state index >= 15 is 0 Å². The molecule has 140 valence electrons. The molecule has 4 heteroatoms. The van der Waals surface area contributed by atoms with Crippen molar-refractivity contribution in [2.75, 3.05) is 13.2 Å². The van der Waals surface area contributed by atoms with Crippen LogP contribution < -0.4 is 5.32 Å². The Balaban J connectivity index is 1.53. The van der Waals surface area contributed by atoms with Crippen molar-refractivity contribution >= 4 is 17.4 Å². The lowest BCUT2D eigenvalue weighted by Crippen LogP contribution is -2.16. The molecule has 1 aliphatic carbocycles. The van der Waals surface area contributed by atoms with Gasteiger partial charge < -0.3 is 10.4 Å². The van der Waals surface area contributed by atoms with E-state index in [2.05, 4.69) is 36.5 Å². The van der Waals surface area contributed by atoms with Gasteiger partial charge in [0.05, 0.1) is 0 Å². The number of carbonyl (C=O) groups is 1. The molecule has 0 aromatic heterocycles. The van der Waals surface area contributed by atoms with E-state index in [1.807, 2.05) is 0 Å². The maximum atomic E-state index is 14.2. The van der Waals surface area contributed by atoms with Crippen molar-refractivity contribution in [3.05, 3.63) is 82.2 Å². The molecule has 0 spiro atoms. The molecule has 0 saturated heterocycles. The first-order valence-corrected chi connectivity index (χ1v) is 9.16. The summed E-state index contributed by atoms with van der Waals surface area (Å²) in [5.74, 6) is -0.707. The Labute approximate surface area is 159 Å². The molecular formula is C23H24FNO2. The van der Waals surface area contributed by atoms with Crippen LogP contribution in [0.1, 0.15) is 35.6 Å². The summed E-state index contributed by atoms with van der Waals surface area (Å²) in [6.07, 6.45) is 4.70. The standard InChI is InChI=1S/C23H24FNO2/c1-16-12-18-4-2-3-5-22(18)21(16)10-11-25-14-19-8-6-17(13-23(19)24)7-9-20(27)15-26/h2-9,13,25-26H,10-12,14-15H2,1H3/b9-7+. The van der Waals surface area contributed by atoms with Gasteiger partial charge in [-0.2, -0.15) is 0 Å². The van der Waals surface area contributed by atoms with Gasteiger partial charge in [0.25, 0.3) is 0 Å². The quantitative estimate of drug-likeness (QED) is 0.551. The fourth-order valence-corrected chi connectivity index (χ4v) is 3.43. The number of hydrogen-bond donors (Lipinski definition) is 2. The Morgan fingerprint density at radius 2 is 2.07 bits per heavy atom. The van der Waals surface area contributed by atoms with Gasteiger partial charge in [0.15, 0.2) is 5.78 Å². The summed E-state index contributed by atoms with van der Waals surface area (Å²) < 4.78 is 14.2. The molecule has 2 aromatic rings. The van der Waals surface area contributed by atoms with Crippen molar-refractivity contribution in [1.29, 1.82) is 0 Å². The molecule has 3 nitrogen and oxygen atoms in total. The van der Waals surface area contributed by atoms with Crippen molar-refractivity contribution in [3.63, 3.8) is 0 Å². The van der Waals surface area contributed by atoms with Crippen LogP contribution in [0.3, 0.4) is 0 Å². The second kappa shape index (κ2) is 8.89. The normalized spacial score (nSPS) is 13.4. The van der Waals surface area contributed by atoms with E-state index in [0.717, 1.165) is 19.4 Å². The lowest BCUT2D eigenvalue weighted by molar-refractivity contribution is -0.117. The van der Waals surface area contributed by atoms with Gasteiger partial charge >= 0.3 is 0 Å². The number of ketones is 1. The van der Waals surface area contributed by atoms with Crippen LogP contribution in [-0.2, 0) is 17.8 Å². The van der Waals surface area contributed by atoms with Gasteiger partial charge in [-0.25, -0.2) is 4.39 Å². The van der Waals surface area contributed by atoms with E-state index in [9.17, 15) is 9.18 Å². The predicted octanol–water partition coefficient (Wildman–Crippen LogP) is 3.91. The van der Waals surface area contributed by atoms with Gasteiger partial charge in [0.1, 0.15) is 12.4 Å². The number of carbonyl (C=O) groups excluding carboxylic acids is 1. The lowest BCUT2D eigenvalue weighted by atomic mass is 10.0. The van der Waals surface area contributed by atoms with Crippen LogP contribution in [0.5, 0.6) is 0 Å². The minimum atomic E-state index is -0.540. The van der Waals surface area contributed by atoms with Crippen molar-refractivity contribution in [3.8, 4) is 0 Å². The summed E-state index contributed by atoms with van der Waals surface area (Å²) in [5, 5.41) is 12.0. The SMILES string of the molecule is CC1=C(CCNCc2ccc(/C=C/C(=O)CO)cc2F)c2ccccc2C1. The molecule has 1 aliphatic rings. The first-order valence-electron chi connectivity index (χ1n) is 9.16. The van der Waals surface area contributed by atoms with E-state index in [1.54, 1.807) is 12.1 Å². The maximum Gasteiger partial charge on any atom is 0.181 e. The second-order valence-electron chi connectivity index (χ2n) is 6.83. The molecular weight excluding hydrogens is 341 g/mol.